The Balaban J connectivity index is 1.49. The molecule has 31 heavy (non-hydrogen) atoms. The fourth-order valence-corrected chi connectivity index (χ4v) is 4.85. The second kappa shape index (κ2) is 9.16. The van der Waals surface area contributed by atoms with E-state index in [2.05, 4.69) is 6.08 Å². The third-order valence-electron chi connectivity index (χ3n) is 5.26. The molecule has 2 aromatic rings. The van der Waals surface area contributed by atoms with Gasteiger partial charge in [-0.3, -0.25) is 9.69 Å². The molecule has 160 valence electrons. The average Bonchev–Trinajstić information content (AvgIpc) is 3.04. The minimum absolute atomic E-state index is 0.0672. The Morgan fingerprint density at radius 2 is 1.94 bits per heavy atom. The zero-order chi connectivity index (χ0) is 22.0. The number of thioether (sulfide) groups is 1. The van der Waals surface area contributed by atoms with Crippen molar-refractivity contribution in [1.82, 2.24) is 4.90 Å². The van der Waals surface area contributed by atoms with E-state index in [-0.39, 0.29) is 12.0 Å². The van der Waals surface area contributed by atoms with E-state index in [0.29, 0.717) is 33.7 Å². The van der Waals surface area contributed by atoms with Crippen molar-refractivity contribution in [1.29, 1.82) is 0 Å². The van der Waals surface area contributed by atoms with Crippen LogP contribution >= 0.6 is 24.0 Å². The lowest BCUT2D eigenvalue weighted by atomic mass is 10.0. The molecule has 0 aliphatic carbocycles. The van der Waals surface area contributed by atoms with Crippen LogP contribution in [0.3, 0.4) is 0 Å². The maximum absolute atomic E-state index is 13.0. The van der Waals surface area contributed by atoms with E-state index in [1.165, 1.54) is 11.8 Å². The number of rotatable bonds is 6. The first-order valence-corrected chi connectivity index (χ1v) is 11.2. The van der Waals surface area contributed by atoms with Gasteiger partial charge >= 0.3 is 0 Å². The van der Waals surface area contributed by atoms with Gasteiger partial charge in [0.05, 0.1) is 19.1 Å². The minimum atomic E-state index is -0.134. The van der Waals surface area contributed by atoms with Crippen LogP contribution in [0.1, 0.15) is 18.1 Å². The third kappa shape index (κ3) is 4.48. The summed E-state index contributed by atoms with van der Waals surface area (Å²) in [5, 5.41) is 0. The number of hydrogen-bond donors (Lipinski definition) is 0. The highest BCUT2D eigenvalue weighted by Gasteiger charge is 2.32. The SMILES string of the molecule is COc1ccc(CCN2C(=O)/C(=C/C3=Cc4ccccc4O[C@@H]3C)SC2=S)cc1OC. The zero-order valence-electron chi connectivity index (χ0n) is 17.6. The Morgan fingerprint density at radius 1 is 1.16 bits per heavy atom. The Morgan fingerprint density at radius 3 is 2.71 bits per heavy atom. The van der Waals surface area contributed by atoms with Gasteiger partial charge in [0.2, 0.25) is 0 Å². The molecule has 2 aliphatic rings. The fraction of sp³-hybridized carbons (Fsp3) is 0.250. The summed E-state index contributed by atoms with van der Waals surface area (Å²) < 4.78 is 17.2. The second-order valence-electron chi connectivity index (χ2n) is 7.21. The highest BCUT2D eigenvalue weighted by atomic mass is 32.2. The van der Waals surface area contributed by atoms with Crippen molar-refractivity contribution in [3.8, 4) is 17.2 Å². The molecule has 1 amide bonds. The number of methoxy groups -OCH3 is 2. The van der Waals surface area contributed by atoms with E-state index in [4.69, 9.17) is 26.4 Å². The first kappa shape index (κ1) is 21.5. The van der Waals surface area contributed by atoms with Crippen molar-refractivity contribution >= 4 is 40.3 Å². The molecule has 1 saturated heterocycles. The summed E-state index contributed by atoms with van der Waals surface area (Å²) in [5.41, 5.74) is 3.01. The van der Waals surface area contributed by atoms with Crippen LogP contribution in [0.25, 0.3) is 6.08 Å². The topological polar surface area (TPSA) is 48.0 Å². The van der Waals surface area contributed by atoms with Crippen LogP contribution in [0.15, 0.2) is 59.0 Å². The van der Waals surface area contributed by atoms with Crippen molar-refractivity contribution in [3.05, 3.63) is 70.1 Å². The molecule has 2 heterocycles. The number of amides is 1. The van der Waals surface area contributed by atoms with E-state index in [0.717, 1.165) is 22.4 Å². The van der Waals surface area contributed by atoms with Gasteiger partial charge in [0.15, 0.2) is 11.5 Å². The molecule has 4 rings (SSSR count). The number of nitrogens with zero attached hydrogens (tertiary/aromatic N) is 1. The molecule has 2 aliphatic heterocycles. The highest BCUT2D eigenvalue weighted by Crippen LogP contribution is 2.36. The van der Waals surface area contributed by atoms with Gasteiger partial charge in [0.25, 0.3) is 5.91 Å². The van der Waals surface area contributed by atoms with Crippen LogP contribution in [0.2, 0.25) is 0 Å². The Labute approximate surface area is 191 Å². The number of ether oxygens (including phenoxy) is 3. The summed E-state index contributed by atoms with van der Waals surface area (Å²) in [5.74, 6) is 2.14. The van der Waals surface area contributed by atoms with Crippen molar-refractivity contribution in [2.24, 2.45) is 0 Å². The summed E-state index contributed by atoms with van der Waals surface area (Å²) in [6.45, 7) is 2.49. The summed E-state index contributed by atoms with van der Waals surface area (Å²) in [4.78, 5) is 15.3. The Hall–Kier alpha value is -2.77. The predicted octanol–water partition coefficient (Wildman–Crippen LogP) is 4.86. The van der Waals surface area contributed by atoms with Crippen molar-refractivity contribution in [2.45, 2.75) is 19.4 Å². The molecule has 5 nitrogen and oxygen atoms in total. The lowest BCUT2D eigenvalue weighted by molar-refractivity contribution is -0.122. The van der Waals surface area contributed by atoms with Crippen molar-refractivity contribution in [3.63, 3.8) is 0 Å². The van der Waals surface area contributed by atoms with Gasteiger partial charge in [0.1, 0.15) is 16.2 Å². The molecule has 7 heteroatoms. The maximum Gasteiger partial charge on any atom is 0.266 e. The van der Waals surface area contributed by atoms with Crippen LogP contribution in [-0.2, 0) is 11.2 Å². The number of carbonyl (C=O) groups is 1. The number of thiocarbonyl (C=S) groups is 1. The first-order chi connectivity index (χ1) is 15.0. The molecule has 0 bridgehead atoms. The van der Waals surface area contributed by atoms with Crippen LogP contribution in [0.4, 0.5) is 0 Å². The number of para-hydroxylation sites is 1. The molecule has 0 saturated carbocycles. The smallest absolute Gasteiger partial charge is 0.266 e. The zero-order valence-corrected chi connectivity index (χ0v) is 19.2. The summed E-state index contributed by atoms with van der Waals surface area (Å²) in [6, 6.07) is 13.6. The lowest BCUT2D eigenvalue weighted by Gasteiger charge is -2.23. The molecule has 1 fully saturated rings. The molecule has 0 unspecified atom stereocenters. The van der Waals surface area contributed by atoms with Gasteiger partial charge < -0.3 is 14.2 Å². The number of benzene rings is 2. The summed E-state index contributed by atoms with van der Waals surface area (Å²) in [6.07, 6.45) is 4.50. The molecule has 1 atom stereocenters. The minimum Gasteiger partial charge on any atom is -0.493 e. The van der Waals surface area contributed by atoms with Crippen LogP contribution in [-0.4, -0.2) is 42.0 Å². The monoisotopic (exact) mass is 453 g/mol. The fourth-order valence-electron chi connectivity index (χ4n) is 3.54. The van der Waals surface area contributed by atoms with Gasteiger partial charge in [-0.1, -0.05) is 48.2 Å². The van der Waals surface area contributed by atoms with E-state index >= 15 is 0 Å². The van der Waals surface area contributed by atoms with Gasteiger partial charge in [-0.15, -0.1) is 0 Å². The molecule has 0 N–H and O–H groups in total. The van der Waals surface area contributed by atoms with Crippen molar-refractivity contribution in [2.75, 3.05) is 20.8 Å². The summed E-state index contributed by atoms with van der Waals surface area (Å²) in [7, 11) is 3.22. The average molecular weight is 454 g/mol. The highest BCUT2D eigenvalue weighted by molar-refractivity contribution is 8.26. The number of carbonyl (C=O) groups excluding carboxylic acids is 1. The number of fused-ring (bicyclic) bond motifs is 1. The predicted molar refractivity (Wildman–Crippen MR) is 128 cm³/mol. The largest absolute Gasteiger partial charge is 0.493 e. The summed E-state index contributed by atoms with van der Waals surface area (Å²) >= 11 is 6.83. The van der Waals surface area contributed by atoms with E-state index in [1.807, 2.05) is 55.5 Å². The van der Waals surface area contributed by atoms with Gasteiger partial charge in [-0.25, -0.2) is 0 Å². The quantitative estimate of drug-likeness (QED) is 0.460. The Bertz CT molecular complexity index is 1090. The normalized spacial score (nSPS) is 19.2. The Kier molecular flexibility index (Phi) is 6.34. The van der Waals surface area contributed by atoms with Gasteiger partial charge in [-0.2, -0.15) is 0 Å². The molecule has 0 aromatic heterocycles. The second-order valence-corrected chi connectivity index (χ2v) is 8.89. The molecular formula is C24H23NO4S2. The van der Waals surface area contributed by atoms with Crippen LogP contribution < -0.4 is 14.2 Å². The van der Waals surface area contributed by atoms with E-state index in [9.17, 15) is 4.79 Å². The molecular weight excluding hydrogens is 430 g/mol. The van der Waals surface area contributed by atoms with E-state index in [1.54, 1.807) is 19.1 Å². The van der Waals surface area contributed by atoms with Crippen LogP contribution in [0, 0.1) is 0 Å². The van der Waals surface area contributed by atoms with Gasteiger partial charge in [-0.05, 0) is 54.8 Å². The van der Waals surface area contributed by atoms with Gasteiger partial charge in [0, 0.05) is 12.1 Å². The molecule has 0 spiro atoms. The molecule has 0 radical (unpaired) electrons. The van der Waals surface area contributed by atoms with Crippen LogP contribution in [0.5, 0.6) is 17.2 Å². The van der Waals surface area contributed by atoms with Crippen molar-refractivity contribution < 1.29 is 19.0 Å². The molecule has 2 aromatic carbocycles. The standard InChI is InChI=1S/C24H23NO4S2/c1-15-18(13-17-6-4-5-7-19(17)29-15)14-22-23(26)25(24(30)31-22)11-10-16-8-9-20(27-2)21(12-16)28-3/h4-9,12-15H,10-11H2,1-3H3/b22-14-/t15-/m1/s1. The lowest BCUT2D eigenvalue weighted by Crippen LogP contribution is -2.30. The number of hydrogen-bond acceptors (Lipinski definition) is 6. The van der Waals surface area contributed by atoms with E-state index < -0.39 is 0 Å². The third-order valence-corrected chi connectivity index (χ3v) is 6.64. The maximum atomic E-state index is 13.0. The first-order valence-electron chi connectivity index (χ1n) is 9.93.